The third kappa shape index (κ3) is 4.48. The van der Waals surface area contributed by atoms with E-state index in [1.54, 1.807) is 5.38 Å². The number of nitrogens with zero attached hydrogens (tertiary/aromatic N) is 3. The maximum absolute atomic E-state index is 13.7. The van der Waals surface area contributed by atoms with Crippen molar-refractivity contribution >= 4 is 22.4 Å². The second-order valence-corrected chi connectivity index (χ2v) is 7.41. The van der Waals surface area contributed by atoms with Gasteiger partial charge in [-0.2, -0.15) is 31.4 Å². The lowest BCUT2D eigenvalue weighted by Crippen LogP contribution is -2.21. The van der Waals surface area contributed by atoms with Crippen LogP contribution in [0.4, 0.5) is 31.5 Å². The number of thiazole rings is 1. The molecule has 0 aliphatic carbocycles. The van der Waals surface area contributed by atoms with Crippen molar-refractivity contribution in [1.82, 2.24) is 14.8 Å². The fraction of sp³-hybridized carbons (Fsp3) is 0.278. The normalized spacial score (nSPS) is 12.4. The van der Waals surface area contributed by atoms with E-state index < -0.39 is 40.8 Å². The lowest BCUT2D eigenvalue weighted by atomic mass is 10.1. The zero-order valence-electron chi connectivity index (χ0n) is 15.5. The van der Waals surface area contributed by atoms with E-state index in [4.69, 9.17) is 0 Å². The molecule has 2 aromatic heterocycles. The highest BCUT2D eigenvalue weighted by Crippen LogP contribution is 2.36. The molecule has 0 saturated carbocycles. The van der Waals surface area contributed by atoms with E-state index in [0.29, 0.717) is 18.0 Å². The van der Waals surface area contributed by atoms with Gasteiger partial charge in [0.1, 0.15) is 0 Å². The van der Waals surface area contributed by atoms with Crippen molar-refractivity contribution in [3.05, 3.63) is 58.4 Å². The Kier molecular flexibility index (Phi) is 5.63. The zero-order valence-corrected chi connectivity index (χ0v) is 16.3. The largest absolute Gasteiger partial charge is 0.434 e. The minimum atomic E-state index is -5.05. The van der Waals surface area contributed by atoms with E-state index in [1.807, 2.05) is 13.8 Å². The summed E-state index contributed by atoms with van der Waals surface area (Å²) in [6.07, 6.45) is -9.14. The van der Waals surface area contributed by atoms with Gasteiger partial charge < -0.3 is 0 Å². The predicted octanol–water partition coefficient (Wildman–Crippen LogP) is 5.74. The summed E-state index contributed by atoms with van der Waals surface area (Å²) in [4.78, 5) is 16.6. The van der Waals surface area contributed by atoms with Crippen LogP contribution in [-0.4, -0.2) is 20.7 Å². The molecule has 0 unspecified atom stereocenters. The number of amides is 1. The van der Waals surface area contributed by atoms with Crippen LogP contribution >= 0.6 is 11.3 Å². The molecule has 0 aliphatic rings. The van der Waals surface area contributed by atoms with Gasteiger partial charge >= 0.3 is 12.4 Å². The second-order valence-electron chi connectivity index (χ2n) is 6.55. The number of carbonyl (C=O) groups excluding carboxylic acids is 1. The smallest absolute Gasteiger partial charge is 0.298 e. The molecule has 0 aliphatic heterocycles. The predicted molar refractivity (Wildman–Crippen MR) is 97.7 cm³/mol. The van der Waals surface area contributed by atoms with E-state index in [2.05, 4.69) is 15.4 Å². The van der Waals surface area contributed by atoms with E-state index in [1.165, 1.54) is 0 Å². The molecule has 1 amide bonds. The fourth-order valence-electron chi connectivity index (χ4n) is 2.57. The van der Waals surface area contributed by atoms with Crippen molar-refractivity contribution in [3.8, 4) is 5.69 Å². The molecule has 0 spiro atoms. The molecule has 1 aromatic carbocycles. The molecule has 2 heterocycles. The Balaban J connectivity index is 2.01. The number of carbonyl (C=O) groups is 1. The van der Waals surface area contributed by atoms with Crippen molar-refractivity contribution < 1.29 is 31.1 Å². The number of hydrogen-bond donors (Lipinski definition) is 1. The monoisotopic (exact) mass is 448 g/mol. The van der Waals surface area contributed by atoms with Crippen molar-refractivity contribution in [2.75, 3.05) is 5.32 Å². The van der Waals surface area contributed by atoms with Crippen LogP contribution in [0.1, 0.15) is 47.1 Å². The first kappa shape index (κ1) is 21.8. The summed E-state index contributed by atoms with van der Waals surface area (Å²) in [7, 11) is 0. The van der Waals surface area contributed by atoms with E-state index in [9.17, 15) is 31.1 Å². The Morgan fingerprint density at radius 1 is 1.13 bits per heavy atom. The van der Waals surface area contributed by atoms with Gasteiger partial charge in [0.05, 0.1) is 28.7 Å². The number of rotatable bonds is 4. The molecule has 1 N–H and O–H groups in total. The summed E-state index contributed by atoms with van der Waals surface area (Å²) >= 11 is 1.05. The first-order valence-electron chi connectivity index (χ1n) is 8.47. The van der Waals surface area contributed by atoms with Crippen LogP contribution in [0, 0.1) is 0 Å². The summed E-state index contributed by atoms with van der Waals surface area (Å²) in [5.74, 6) is -1.06. The minimum absolute atomic E-state index is 0.0568. The first-order chi connectivity index (χ1) is 13.9. The Labute approximate surface area is 170 Å². The van der Waals surface area contributed by atoms with Gasteiger partial charge in [-0.05, 0) is 24.1 Å². The average Bonchev–Trinajstić information content (AvgIpc) is 3.27. The summed E-state index contributed by atoms with van der Waals surface area (Å²) < 4.78 is 80.1. The number of hydrogen-bond acceptors (Lipinski definition) is 4. The lowest BCUT2D eigenvalue weighted by Gasteiger charge is -2.14. The van der Waals surface area contributed by atoms with Gasteiger partial charge in [-0.15, -0.1) is 11.3 Å². The Hall–Kier alpha value is -2.89. The molecule has 0 radical (unpaired) electrons. The molecule has 3 aromatic rings. The number of alkyl halides is 6. The maximum atomic E-state index is 13.7. The first-order valence-corrected chi connectivity index (χ1v) is 9.35. The van der Waals surface area contributed by atoms with E-state index >= 15 is 0 Å². The van der Waals surface area contributed by atoms with Crippen molar-refractivity contribution in [2.24, 2.45) is 0 Å². The molecule has 0 fully saturated rings. The van der Waals surface area contributed by atoms with Gasteiger partial charge in [-0.1, -0.05) is 19.9 Å². The molecular weight excluding hydrogens is 434 g/mol. The van der Waals surface area contributed by atoms with Gasteiger partial charge in [0.15, 0.2) is 10.8 Å². The Morgan fingerprint density at radius 3 is 2.40 bits per heavy atom. The molecule has 30 heavy (non-hydrogen) atoms. The summed E-state index contributed by atoms with van der Waals surface area (Å²) in [5.41, 5.74) is -3.28. The van der Waals surface area contributed by atoms with Gasteiger partial charge in [0.2, 0.25) is 0 Å². The fourth-order valence-corrected chi connectivity index (χ4v) is 3.44. The third-order valence-electron chi connectivity index (χ3n) is 4.03. The molecule has 0 bridgehead atoms. The molecule has 3 rings (SSSR count). The van der Waals surface area contributed by atoms with Crippen LogP contribution in [0.15, 0.2) is 35.8 Å². The quantitative estimate of drug-likeness (QED) is 0.518. The number of benzene rings is 1. The molecule has 160 valence electrons. The van der Waals surface area contributed by atoms with Gasteiger partial charge in [-0.3, -0.25) is 10.1 Å². The molecule has 0 atom stereocenters. The van der Waals surface area contributed by atoms with Gasteiger partial charge in [0.25, 0.3) is 5.91 Å². The van der Waals surface area contributed by atoms with Crippen molar-refractivity contribution in [1.29, 1.82) is 0 Å². The van der Waals surface area contributed by atoms with E-state index in [0.717, 1.165) is 29.5 Å². The van der Waals surface area contributed by atoms with E-state index in [-0.39, 0.29) is 15.7 Å². The number of anilines is 1. The number of halogens is 6. The molecule has 12 heteroatoms. The lowest BCUT2D eigenvalue weighted by molar-refractivity contribution is -0.143. The van der Waals surface area contributed by atoms with Crippen LogP contribution in [0.5, 0.6) is 0 Å². The zero-order chi connectivity index (χ0) is 22.3. The second kappa shape index (κ2) is 7.74. The summed E-state index contributed by atoms with van der Waals surface area (Å²) in [5, 5.41) is 7.57. The van der Waals surface area contributed by atoms with Gasteiger partial charge in [0, 0.05) is 5.38 Å². The summed E-state index contributed by atoms with van der Waals surface area (Å²) in [6.45, 7) is 3.73. The minimum Gasteiger partial charge on any atom is -0.298 e. The highest BCUT2D eigenvalue weighted by atomic mass is 32.1. The Morgan fingerprint density at radius 2 is 1.83 bits per heavy atom. The highest BCUT2D eigenvalue weighted by molar-refractivity contribution is 7.14. The number of aromatic nitrogens is 3. The van der Waals surface area contributed by atoms with Crippen LogP contribution in [0.3, 0.4) is 0 Å². The van der Waals surface area contributed by atoms with Crippen molar-refractivity contribution in [2.45, 2.75) is 32.1 Å². The highest BCUT2D eigenvalue weighted by Gasteiger charge is 2.41. The van der Waals surface area contributed by atoms with Crippen LogP contribution < -0.4 is 5.32 Å². The van der Waals surface area contributed by atoms with Crippen LogP contribution in [0.25, 0.3) is 5.69 Å². The topological polar surface area (TPSA) is 59.8 Å². The molecule has 0 saturated heterocycles. The van der Waals surface area contributed by atoms with Crippen molar-refractivity contribution in [3.63, 3.8) is 0 Å². The number of nitrogens with one attached hydrogen (secondary N) is 1. The average molecular weight is 448 g/mol. The SMILES string of the molecule is CC(C)c1csc(NC(=O)c2cnn(-c3cccc(C(F)(F)F)c3)c2C(F)(F)F)n1. The van der Waals surface area contributed by atoms with Crippen LogP contribution in [0.2, 0.25) is 0 Å². The summed E-state index contributed by atoms with van der Waals surface area (Å²) in [6, 6.07) is 3.25. The standard InChI is InChI=1S/C18H14F6N4OS/c1-9(2)13-8-30-16(26-13)27-15(29)12-7-25-28(14(12)18(22,23)24)11-5-3-4-10(6-11)17(19,20)21/h3-9H,1-2H3,(H,26,27,29). The van der Waals surface area contributed by atoms with Crippen LogP contribution in [-0.2, 0) is 12.4 Å². The maximum Gasteiger partial charge on any atom is 0.434 e. The Bertz CT molecular complexity index is 1070. The molecule has 5 nitrogen and oxygen atoms in total. The molecular formula is C18H14F6N4OS. The van der Waals surface area contributed by atoms with Gasteiger partial charge in [-0.25, -0.2) is 9.67 Å². The third-order valence-corrected chi connectivity index (χ3v) is 4.81.